The molecule has 0 amide bonds. The van der Waals surface area contributed by atoms with Gasteiger partial charge in [-0.3, -0.25) is 4.79 Å². The van der Waals surface area contributed by atoms with Crippen LogP contribution in [0, 0.1) is 0 Å². The molecule has 2 fully saturated rings. The molecule has 2 heterocycles. The first-order chi connectivity index (χ1) is 18.7. The van der Waals surface area contributed by atoms with Crippen molar-refractivity contribution in [2.24, 2.45) is 0 Å². The number of fused-ring (bicyclic) bond motifs is 1. The first-order valence-corrected chi connectivity index (χ1v) is 12.9. The molecule has 0 saturated carbocycles. The molecule has 11 heteroatoms. The highest BCUT2D eigenvalue weighted by Crippen LogP contribution is 2.29. The molecular weight excluding hydrogens is 512 g/mol. The molecule has 2 saturated heterocycles. The van der Waals surface area contributed by atoms with E-state index in [1.165, 1.54) is 6.08 Å². The van der Waals surface area contributed by atoms with Crippen LogP contribution < -0.4 is 4.74 Å². The van der Waals surface area contributed by atoms with Gasteiger partial charge in [-0.25, -0.2) is 0 Å². The van der Waals surface area contributed by atoms with Crippen molar-refractivity contribution in [1.82, 2.24) is 0 Å². The number of methoxy groups -OCH3 is 1. The van der Waals surface area contributed by atoms with Gasteiger partial charge in [-0.05, 0) is 40.6 Å². The normalized spacial score (nSPS) is 33.8. The Morgan fingerprint density at radius 3 is 2.33 bits per heavy atom. The lowest BCUT2D eigenvalue weighted by Gasteiger charge is -2.40. The molecule has 0 spiro atoms. The largest absolute Gasteiger partial charge is 0.497 e. The van der Waals surface area contributed by atoms with Crippen LogP contribution in [-0.2, 0) is 19.0 Å². The minimum atomic E-state index is -1.43. The Balaban J connectivity index is 1.36. The zero-order valence-electron chi connectivity index (χ0n) is 21.6. The summed E-state index contributed by atoms with van der Waals surface area (Å²) < 4.78 is 22.3. The first kappa shape index (κ1) is 29.5. The summed E-state index contributed by atoms with van der Waals surface area (Å²) in [6.07, 6.45) is -7.85. The lowest BCUT2D eigenvalue weighted by Crippen LogP contribution is -2.52. The van der Waals surface area contributed by atoms with Gasteiger partial charge in [-0.15, -0.1) is 0 Å². The standard InChI is InChI=1S/C28H36O11/c1-36-19-7-5-16-8-15(2-4-17(16)9-19)3-6-18(31)10-23-20(32)12-24(25(13-29)37-23)38-28-22(34)11-21(33)27(35)26(14-30)39-28/h2-9,20-30,32-35H,10-14H2,1H3/b6-3+/t20?,21?,22?,23-,24-,25?,26?,27+,28+/m0/s1. The monoisotopic (exact) mass is 548 g/mol. The minimum Gasteiger partial charge on any atom is -0.497 e. The molecule has 5 unspecified atom stereocenters. The Labute approximate surface area is 225 Å². The number of rotatable bonds is 9. The molecule has 2 aromatic rings. The average Bonchev–Trinajstić information content (AvgIpc) is 3.03. The Morgan fingerprint density at radius 1 is 0.897 bits per heavy atom. The number of carbonyl (C=O) groups is 1. The number of ether oxygens (including phenoxy) is 4. The van der Waals surface area contributed by atoms with Gasteiger partial charge < -0.3 is 49.6 Å². The Bertz CT molecular complexity index is 1140. The minimum absolute atomic E-state index is 0.0253. The highest BCUT2D eigenvalue weighted by molar-refractivity contribution is 5.95. The van der Waals surface area contributed by atoms with E-state index in [1.807, 2.05) is 36.4 Å². The first-order valence-electron chi connectivity index (χ1n) is 12.9. The zero-order chi connectivity index (χ0) is 28.1. The second-order valence-electron chi connectivity index (χ2n) is 9.94. The fraction of sp³-hybridized carbons (Fsp3) is 0.536. The third-order valence-electron chi connectivity index (χ3n) is 7.15. The van der Waals surface area contributed by atoms with E-state index < -0.39 is 68.3 Å². The Morgan fingerprint density at radius 2 is 1.62 bits per heavy atom. The van der Waals surface area contributed by atoms with Crippen LogP contribution in [0.25, 0.3) is 16.8 Å². The fourth-order valence-electron chi connectivity index (χ4n) is 4.90. The van der Waals surface area contributed by atoms with Gasteiger partial charge >= 0.3 is 0 Å². The second-order valence-corrected chi connectivity index (χ2v) is 9.94. The van der Waals surface area contributed by atoms with E-state index >= 15 is 0 Å². The molecule has 39 heavy (non-hydrogen) atoms. The van der Waals surface area contributed by atoms with Crippen LogP contribution >= 0.6 is 0 Å². The number of allylic oxidation sites excluding steroid dienone is 1. The van der Waals surface area contributed by atoms with Crippen molar-refractivity contribution >= 4 is 22.6 Å². The van der Waals surface area contributed by atoms with Crippen LogP contribution in [0.3, 0.4) is 0 Å². The van der Waals surface area contributed by atoms with Crippen molar-refractivity contribution in [1.29, 1.82) is 0 Å². The maximum absolute atomic E-state index is 12.7. The van der Waals surface area contributed by atoms with Gasteiger partial charge in [0, 0.05) is 19.3 Å². The average molecular weight is 549 g/mol. The molecule has 2 aliphatic heterocycles. The Kier molecular flexibility index (Phi) is 10.0. The molecule has 0 radical (unpaired) electrons. The molecule has 214 valence electrons. The SMILES string of the molecule is COc1ccc2cc(/C=C/C(=O)C[C@@H]3OC(CO)[C@@H](O[C@@H]4OC(CO)[C@H](O)C(O)CC4O)CC3O)ccc2c1. The van der Waals surface area contributed by atoms with E-state index in [1.54, 1.807) is 13.2 Å². The summed E-state index contributed by atoms with van der Waals surface area (Å²) in [5.74, 6) is 0.479. The van der Waals surface area contributed by atoms with Crippen molar-refractivity contribution < 1.29 is 54.4 Å². The molecule has 11 nitrogen and oxygen atoms in total. The van der Waals surface area contributed by atoms with Crippen LogP contribution in [0.5, 0.6) is 5.75 Å². The highest BCUT2D eigenvalue weighted by Gasteiger charge is 2.43. The predicted octanol–water partition coefficient (Wildman–Crippen LogP) is -0.0933. The van der Waals surface area contributed by atoms with E-state index in [-0.39, 0.29) is 25.0 Å². The van der Waals surface area contributed by atoms with E-state index in [2.05, 4.69) is 0 Å². The van der Waals surface area contributed by atoms with Gasteiger partial charge in [-0.2, -0.15) is 0 Å². The summed E-state index contributed by atoms with van der Waals surface area (Å²) in [7, 11) is 1.61. The third-order valence-corrected chi connectivity index (χ3v) is 7.15. The van der Waals surface area contributed by atoms with E-state index in [4.69, 9.17) is 18.9 Å². The molecule has 6 N–H and O–H groups in total. The van der Waals surface area contributed by atoms with Gasteiger partial charge in [0.25, 0.3) is 0 Å². The van der Waals surface area contributed by atoms with Gasteiger partial charge in [0.05, 0.1) is 44.7 Å². The van der Waals surface area contributed by atoms with E-state index in [0.29, 0.717) is 0 Å². The maximum atomic E-state index is 12.7. The van der Waals surface area contributed by atoms with Gasteiger partial charge in [0.15, 0.2) is 12.1 Å². The molecule has 9 atom stereocenters. The number of carbonyl (C=O) groups excluding carboxylic acids is 1. The number of hydrogen-bond donors (Lipinski definition) is 6. The maximum Gasteiger partial charge on any atom is 0.184 e. The molecule has 0 aromatic heterocycles. The molecule has 2 aromatic carbocycles. The number of hydrogen-bond acceptors (Lipinski definition) is 11. The van der Waals surface area contributed by atoms with E-state index in [9.17, 15) is 35.4 Å². The molecule has 0 aliphatic carbocycles. The number of ketones is 1. The Hall–Kier alpha value is -2.45. The van der Waals surface area contributed by atoms with Gasteiger partial charge in [0.2, 0.25) is 0 Å². The van der Waals surface area contributed by atoms with Gasteiger partial charge in [-0.1, -0.05) is 24.3 Å². The second kappa shape index (κ2) is 13.3. The molecule has 4 rings (SSSR count). The quantitative estimate of drug-likeness (QED) is 0.231. The van der Waals surface area contributed by atoms with Crippen LogP contribution in [-0.4, -0.2) is 112 Å². The summed E-state index contributed by atoms with van der Waals surface area (Å²) in [5, 5.41) is 62.5. The van der Waals surface area contributed by atoms with Gasteiger partial charge in [0.1, 0.15) is 30.2 Å². The predicted molar refractivity (Wildman–Crippen MR) is 139 cm³/mol. The number of benzene rings is 2. The molecular formula is C28H36O11. The third kappa shape index (κ3) is 7.20. The number of aliphatic hydroxyl groups excluding tert-OH is 6. The van der Waals surface area contributed by atoms with Crippen LogP contribution in [0.4, 0.5) is 0 Å². The molecule has 2 aliphatic rings. The summed E-state index contributed by atoms with van der Waals surface area (Å²) in [6.45, 7) is -1.11. The van der Waals surface area contributed by atoms with E-state index in [0.717, 1.165) is 22.1 Å². The summed E-state index contributed by atoms with van der Waals surface area (Å²) in [4.78, 5) is 12.7. The zero-order valence-corrected chi connectivity index (χ0v) is 21.6. The fourth-order valence-corrected chi connectivity index (χ4v) is 4.90. The number of aliphatic hydroxyl groups is 6. The summed E-state index contributed by atoms with van der Waals surface area (Å²) in [6, 6.07) is 11.5. The van der Waals surface area contributed by atoms with Crippen molar-refractivity contribution in [2.45, 2.75) is 74.4 Å². The van der Waals surface area contributed by atoms with Crippen molar-refractivity contribution in [3.8, 4) is 5.75 Å². The van der Waals surface area contributed by atoms with Crippen LogP contribution in [0.15, 0.2) is 42.5 Å². The molecule has 0 bridgehead atoms. The van der Waals surface area contributed by atoms with Crippen molar-refractivity contribution in [3.63, 3.8) is 0 Å². The summed E-state index contributed by atoms with van der Waals surface area (Å²) >= 11 is 0. The lowest BCUT2D eigenvalue weighted by molar-refractivity contribution is -0.281. The highest BCUT2D eigenvalue weighted by atomic mass is 16.7. The van der Waals surface area contributed by atoms with Crippen molar-refractivity contribution in [3.05, 3.63) is 48.0 Å². The summed E-state index contributed by atoms with van der Waals surface area (Å²) in [5.41, 5.74) is 0.825. The van der Waals surface area contributed by atoms with Crippen molar-refractivity contribution in [2.75, 3.05) is 20.3 Å². The smallest absolute Gasteiger partial charge is 0.184 e. The lowest BCUT2D eigenvalue weighted by atomic mass is 9.95. The van der Waals surface area contributed by atoms with Crippen LogP contribution in [0.1, 0.15) is 24.8 Å². The van der Waals surface area contributed by atoms with Crippen LogP contribution in [0.2, 0.25) is 0 Å². The topological polar surface area (TPSA) is 175 Å².